The van der Waals surface area contributed by atoms with Gasteiger partial charge < -0.3 is 4.74 Å². The van der Waals surface area contributed by atoms with Crippen molar-refractivity contribution in [3.05, 3.63) is 64.6 Å². The van der Waals surface area contributed by atoms with Crippen LogP contribution in [-0.2, 0) is 4.74 Å². The van der Waals surface area contributed by atoms with Gasteiger partial charge in [-0.3, -0.25) is 9.36 Å². The molecule has 4 heteroatoms. The quantitative estimate of drug-likeness (QED) is 0.735. The van der Waals surface area contributed by atoms with Crippen molar-refractivity contribution in [2.24, 2.45) is 0 Å². The lowest BCUT2D eigenvalue weighted by atomic mass is 10.2. The first-order valence-corrected chi connectivity index (χ1v) is 5.09. The van der Waals surface area contributed by atoms with Gasteiger partial charge in [0.05, 0.1) is 12.7 Å². The van der Waals surface area contributed by atoms with Crippen LogP contribution in [0.25, 0.3) is 5.69 Å². The largest absolute Gasteiger partial charge is 0.465 e. The summed E-state index contributed by atoms with van der Waals surface area (Å²) >= 11 is 0. The molecule has 1 aromatic heterocycles. The summed E-state index contributed by atoms with van der Waals surface area (Å²) in [6.07, 6.45) is 1.56. The molecule has 1 heterocycles. The minimum absolute atomic E-state index is 0.254. The second-order valence-corrected chi connectivity index (χ2v) is 3.45. The molecule has 2 rings (SSSR count). The van der Waals surface area contributed by atoms with E-state index in [-0.39, 0.29) is 11.1 Å². The number of esters is 1. The normalized spacial score (nSPS) is 9.94. The number of aromatic nitrogens is 1. The highest BCUT2D eigenvalue weighted by atomic mass is 16.5. The van der Waals surface area contributed by atoms with Gasteiger partial charge >= 0.3 is 5.97 Å². The van der Waals surface area contributed by atoms with Crippen molar-refractivity contribution in [3.8, 4) is 5.69 Å². The van der Waals surface area contributed by atoms with Crippen molar-refractivity contribution < 1.29 is 9.53 Å². The first-order valence-electron chi connectivity index (χ1n) is 5.09. The van der Waals surface area contributed by atoms with E-state index in [4.69, 9.17) is 0 Å². The third-order valence-corrected chi connectivity index (χ3v) is 2.38. The van der Waals surface area contributed by atoms with E-state index in [0.717, 1.165) is 5.69 Å². The zero-order valence-electron chi connectivity index (χ0n) is 9.29. The predicted molar refractivity (Wildman–Crippen MR) is 63.4 cm³/mol. The van der Waals surface area contributed by atoms with Crippen molar-refractivity contribution in [1.29, 1.82) is 0 Å². The maximum absolute atomic E-state index is 11.8. The molecule has 0 aliphatic carbocycles. The van der Waals surface area contributed by atoms with Crippen molar-refractivity contribution >= 4 is 5.97 Å². The molecular weight excluding hydrogens is 218 g/mol. The Kier molecular flexibility index (Phi) is 3.05. The number of ether oxygens (including phenoxy) is 1. The van der Waals surface area contributed by atoms with E-state index in [9.17, 15) is 9.59 Å². The Morgan fingerprint density at radius 1 is 1.18 bits per heavy atom. The van der Waals surface area contributed by atoms with Crippen molar-refractivity contribution in [3.63, 3.8) is 0 Å². The molecule has 0 bridgehead atoms. The number of carbonyl (C=O) groups is 1. The summed E-state index contributed by atoms with van der Waals surface area (Å²) in [6, 6.07) is 12.0. The molecule has 0 aliphatic rings. The number of hydrogen-bond donors (Lipinski definition) is 0. The molecule has 17 heavy (non-hydrogen) atoms. The van der Waals surface area contributed by atoms with Crippen LogP contribution in [-0.4, -0.2) is 17.6 Å². The van der Waals surface area contributed by atoms with Gasteiger partial charge in [0.25, 0.3) is 5.56 Å². The van der Waals surface area contributed by atoms with Gasteiger partial charge in [-0.2, -0.15) is 0 Å². The van der Waals surface area contributed by atoms with Gasteiger partial charge in [-0.25, -0.2) is 4.79 Å². The Morgan fingerprint density at radius 3 is 2.47 bits per heavy atom. The van der Waals surface area contributed by atoms with Crippen LogP contribution >= 0.6 is 0 Å². The van der Waals surface area contributed by atoms with E-state index >= 15 is 0 Å². The molecule has 4 nitrogen and oxygen atoms in total. The average molecular weight is 229 g/mol. The molecule has 0 spiro atoms. The van der Waals surface area contributed by atoms with Gasteiger partial charge in [-0.05, 0) is 18.2 Å². The molecule has 0 radical (unpaired) electrons. The summed E-state index contributed by atoms with van der Waals surface area (Å²) in [7, 11) is 1.28. The molecule has 0 saturated heterocycles. The van der Waals surface area contributed by atoms with Crippen molar-refractivity contribution in [2.75, 3.05) is 7.11 Å². The summed E-state index contributed by atoms with van der Waals surface area (Å²) < 4.78 is 6.01. The zero-order valence-corrected chi connectivity index (χ0v) is 9.29. The van der Waals surface area contributed by atoms with Gasteiger partial charge in [0.2, 0.25) is 0 Å². The molecule has 2 aromatic rings. The molecule has 0 amide bonds. The van der Waals surface area contributed by atoms with E-state index in [1.54, 1.807) is 12.3 Å². The smallest absolute Gasteiger partial charge is 0.338 e. The number of benzene rings is 1. The molecule has 1 aromatic carbocycles. The summed E-state index contributed by atoms with van der Waals surface area (Å²) in [6.45, 7) is 0. The third kappa shape index (κ3) is 2.25. The molecule has 0 N–H and O–H groups in total. The van der Waals surface area contributed by atoms with E-state index in [1.165, 1.54) is 17.7 Å². The Labute approximate surface area is 98.1 Å². The molecular formula is C13H11NO3. The number of hydrogen-bond acceptors (Lipinski definition) is 3. The number of rotatable bonds is 2. The summed E-state index contributed by atoms with van der Waals surface area (Å²) in [5.74, 6) is -0.512. The molecule has 0 atom stereocenters. The SMILES string of the molecule is COC(=O)c1ccn(-c2ccccc2)c(=O)c1. The lowest BCUT2D eigenvalue weighted by molar-refractivity contribution is 0.0600. The van der Waals surface area contributed by atoms with Crippen LogP contribution in [0.4, 0.5) is 0 Å². The molecule has 86 valence electrons. The minimum atomic E-state index is -0.512. The molecule has 0 saturated carbocycles. The number of pyridine rings is 1. The van der Waals surface area contributed by atoms with Crippen LogP contribution in [0.2, 0.25) is 0 Å². The number of methoxy groups -OCH3 is 1. The predicted octanol–water partition coefficient (Wildman–Crippen LogP) is 1.62. The fourth-order valence-electron chi connectivity index (χ4n) is 1.53. The first kappa shape index (κ1) is 11.1. The Bertz CT molecular complexity index is 587. The standard InChI is InChI=1S/C13H11NO3/c1-17-13(16)10-7-8-14(12(15)9-10)11-5-3-2-4-6-11/h2-9H,1H3. The van der Waals surface area contributed by atoms with E-state index in [1.807, 2.05) is 30.3 Å². The Hall–Kier alpha value is -2.36. The zero-order chi connectivity index (χ0) is 12.3. The summed E-state index contributed by atoms with van der Waals surface area (Å²) in [4.78, 5) is 23.1. The Balaban J connectivity index is 2.46. The van der Waals surface area contributed by atoms with Crippen LogP contribution in [0.15, 0.2) is 53.5 Å². The van der Waals surface area contributed by atoms with Gasteiger partial charge in [0.1, 0.15) is 0 Å². The van der Waals surface area contributed by atoms with Crippen LogP contribution < -0.4 is 5.56 Å². The maximum atomic E-state index is 11.8. The highest BCUT2D eigenvalue weighted by molar-refractivity contribution is 5.89. The maximum Gasteiger partial charge on any atom is 0.338 e. The highest BCUT2D eigenvalue weighted by Gasteiger charge is 2.07. The Morgan fingerprint density at radius 2 is 1.88 bits per heavy atom. The summed E-state index contributed by atoms with van der Waals surface area (Å²) in [5, 5.41) is 0. The van der Waals surface area contributed by atoms with Crippen LogP contribution in [0, 0.1) is 0 Å². The van der Waals surface area contributed by atoms with Crippen LogP contribution in [0.5, 0.6) is 0 Å². The van der Waals surface area contributed by atoms with E-state index < -0.39 is 5.97 Å². The van der Waals surface area contributed by atoms with Gasteiger partial charge in [0, 0.05) is 18.0 Å². The lowest BCUT2D eigenvalue weighted by Crippen LogP contribution is -2.18. The average Bonchev–Trinajstić information content (AvgIpc) is 2.38. The second-order valence-electron chi connectivity index (χ2n) is 3.45. The third-order valence-electron chi connectivity index (χ3n) is 2.38. The fourth-order valence-corrected chi connectivity index (χ4v) is 1.53. The second kappa shape index (κ2) is 4.65. The van der Waals surface area contributed by atoms with Gasteiger partial charge in [0.15, 0.2) is 0 Å². The molecule has 0 fully saturated rings. The molecule has 0 aliphatic heterocycles. The highest BCUT2D eigenvalue weighted by Crippen LogP contribution is 2.05. The van der Waals surface area contributed by atoms with Crippen LogP contribution in [0.1, 0.15) is 10.4 Å². The minimum Gasteiger partial charge on any atom is -0.465 e. The van der Waals surface area contributed by atoms with Crippen molar-refractivity contribution in [1.82, 2.24) is 4.57 Å². The monoisotopic (exact) mass is 229 g/mol. The van der Waals surface area contributed by atoms with Gasteiger partial charge in [-0.15, -0.1) is 0 Å². The number of para-hydroxylation sites is 1. The summed E-state index contributed by atoms with van der Waals surface area (Å²) in [5.41, 5.74) is 0.748. The van der Waals surface area contributed by atoms with Crippen molar-refractivity contribution in [2.45, 2.75) is 0 Å². The van der Waals surface area contributed by atoms with E-state index in [0.29, 0.717) is 0 Å². The lowest BCUT2D eigenvalue weighted by Gasteiger charge is -2.05. The van der Waals surface area contributed by atoms with E-state index in [2.05, 4.69) is 4.74 Å². The number of nitrogens with zero attached hydrogens (tertiary/aromatic N) is 1. The van der Waals surface area contributed by atoms with Gasteiger partial charge in [-0.1, -0.05) is 18.2 Å². The topological polar surface area (TPSA) is 48.3 Å². The molecule has 0 unspecified atom stereocenters. The van der Waals surface area contributed by atoms with Crippen LogP contribution in [0.3, 0.4) is 0 Å². The number of carbonyl (C=O) groups excluding carboxylic acids is 1. The fraction of sp³-hybridized carbons (Fsp3) is 0.0769. The first-order chi connectivity index (χ1) is 8.22.